The first kappa shape index (κ1) is 19.9. The van der Waals surface area contributed by atoms with Crippen LogP contribution in [0.3, 0.4) is 0 Å². The highest BCUT2D eigenvalue weighted by molar-refractivity contribution is 9.10. The maximum absolute atomic E-state index is 12.5. The van der Waals surface area contributed by atoms with E-state index >= 15 is 0 Å². The predicted octanol–water partition coefficient (Wildman–Crippen LogP) is 5.25. The molecule has 0 bridgehead atoms. The number of hydrogen-bond acceptors (Lipinski definition) is 3. The molecule has 0 unspecified atom stereocenters. The Morgan fingerprint density at radius 3 is 2.56 bits per heavy atom. The molecule has 0 saturated heterocycles. The standard InChI is InChI=1S/C19H16BrCl2N3O2/c1-11-17(19(26)23-10-27-2)24-25(16-8-7-14(21)9-15(16)22)18(11)12-3-5-13(20)6-4-12/h3-9H,10H2,1-2H3,(H,23,26). The summed E-state index contributed by atoms with van der Waals surface area (Å²) in [5, 5.41) is 8.16. The van der Waals surface area contributed by atoms with Gasteiger partial charge in [0.15, 0.2) is 5.69 Å². The van der Waals surface area contributed by atoms with Crippen LogP contribution in [-0.2, 0) is 4.74 Å². The van der Waals surface area contributed by atoms with Gasteiger partial charge in [-0.15, -0.1) is 0 Å². The highest BCUT2D eigenvalue weighted by Crippen LogP contribution is 2.33. The van der Waals surface area contributed by atoms with Crippen LogP contribution in [0.5, 0.6) is 0 Å². The zero-order chi connectivity index (χ0) is 19.6. The summed E-state index contributed by atoms with van der Waals surface area (Å²) in [7, 11) is 1.51. The van der Waals surface area contributed by atoms with Gasteiger partial charge in [-0.1, -0.05) is 51.3 Å². The van der Waals surface area contributed by atoms with E-state index in [0.717, 1.165) is 21.3 Å². The molecule has 0 fully saturated rings. The van der Waals surface area contributed by atoms with Crippen LogP contribution in [0.25, 0.3) is 16.9 Å². The number of carbonyl (C=O) groups is 1. The van der Waals surface area contributed by atoms with E-state index in [1.807, 2.05) is 31.2 Å². The molecule has 1 amide bonds. The summed E-state index contributed by atoms with van der Waals surface area (Å²) in [4.78, 5) is 12.5. The van der Waals surface area contributed by atoms with E-state index < -0.39 is 0 Å². The maximum atomic E-state index is 12.5. The predicted molar refractivity (Wildman–Crippen MR) is 111 cm³/mol. The molecule has 0 radical (unpaired) electrons. The minimum atomic E-state index is -0.323. The highest BCUT2D eigenvalue weighted by atomic mass is 79.9. The maximum Gasteiger partial charge on any atom is 0.273 e. The number of hydrogen-bond donors (Lipinski definition) is 1. The molecule has 0 aliphatic rings. The molecule has 140 valence electrons. The molecule has 1 aromatic heterocycles. The van der Waals surface area contributed by atoms with Crippen molar-refractivity contribution in [1.29, 1.82) is 0 Å². The van der Waals surface area contributed by atoms with Gasteiger partial charge in [0.05, 0.1) is 16.4 Å². The third-order valence-electron chi connectivity index (χ3n) is 3.97. The molecule has 3 rings (SSSR count). The molecular weight excluding hydrogens is 453 g/mol. The number of halogens is 3. The van der Waals surface area contributed by atoms with Crippen molar-refractivity contribution >= 4 is 45.0 Å². The quantitative estimate of drug-likeness (QED) is 0.520. The molecule has 0 spiro atoms. The number of benzene rings is 2. The fourth-order valence-corrected chi connectivity index (χ4v) is 3.46. The molecule has 3 aromatic rings. The molecule has 27 heavy (non-hydrogen) atoms. The van der Waals surface area contributed by atoms with Crippen LogP contribution >= 0.6 is 39.1 Å². The van der Waals surface area contributed by atoms with Crippen LogP contribution in [0.4, 0.5) is 0 Å². The molecule has 8 heteroatoms. The monoisotopic (exact) mass is 467 g/mol. The third kappa shape index (κ3) is 4.19. The van der Waals surface area contributed by atoms with E-state index in [1.54, 1.807) is 22.9 Å². The summed E-state index contributed by atoms with van der Waals surface area (Å²) < 4.78 is 7.54. The fraction of sp³-hybridized carbons (Fsp3) is 0.158. The van der Waals surface area contributed by atoms with E-state index in [0.29, 0.717) is 21.4 Å². The summed E-state index contributed by atoms with van der Waals surface area (Å²) in [6, 6.07) is 12.9. The number of ether oxygens (including phenoxy) is 1. The Labute approximate surface area is 175 Å². The van der Waals surface area contributed by atoms with E-state index in [-0.39, 0.29) is 12.6 Å². The van der Waals surface area contributed by atoms with Crippen molar-refractivity contribution in [2.75, 3.05) is 13.8 Å². The lowest BCUT2D eigenvalue weighted by molar-refractivity contribution is 0.0866. The summed E-state index contributed by atoms with van der Waals surface area (Å²) in [6.07, 6.45) is 0. The van der Waals surface area contributed by atoms with Gasteiger partial charge in [0.25, 0.3) is 5.91 Å². The van der Waals surface area contributed by atoms with E-state index in [1.165, 1.54) is 7.11 Å². The first-order valence-corrected chi connectivity index (χ1v) is 9.55. The number of carbonyl (C=O) groups excluding carboxylic acids is 1. The molecule has 1 heterocycles. The topological polar surface area (TPSA) is 56.1 Å². The van der Waals surface area contributed by atoms with Crippen LogP contribution in [-0.4, -0.2) is 29.5 Å². The Balaban J connectivity index is 2.21. The Hall–Kier alpha value is -1.86. The normalized spacial score (nSPS) is 10.9. The Morgan fingerprint density at radius 2 is 1.93 bits per heavy atom. The Morgan fingerprint density at radius 1 is 1.22 bits per heavy atom. The van der Waals surface area contributed by atoms with E-state index in [2.05, 4.69) is 26.3 Å². The average Bonchev–Trinajstić information content (AvgIpc) is 2.97. The van der Waals surface area contributed by atoms with Crippen molar-refractivity contribution in [3.8, 4) is 16.9 Å². The van der Waals surface area contributed by atoms with Crippen LogP contribution in [0.1, 0.15) is 16.1 Å². The van der Waals surface area contributed by atoms with Crippen LogP contribution in [0.15, 0.2) is 46.9 Å². The lowest BCUT2D eigenvalue weighted by atomic mass is 10.1. The zero-order valence-electron chi connectivity index (χ0n) is 14.6. The van der Waals surface area contributed by atoms with Crippen molar-refractivity contribution in [3.05, 3.63) is 68.2 Å². The van der Waals surface area contributed by atoms with Crippen LogP contribution in [0, 0.1) is 6.92 Å². The van der Waals surface area contributed by atoms with E-state index in [4.69, 9.17) is 27.9 Å². The second-order valence-electron chi connectivity index (χ2n) is 5.78. The smallest absolute Gasteiger partial charge is 0.273 e. The molecule has 0 aliphatic carbocycles. The van der Waals surface area contributed by atoms with Gasteiger partial charge in [0.2, 0.25) is 0 Å². The largest absolute Gasteiger partial charge is 0.364 e. The number of aromatic nitrogens is 2. The second kappa shape index (κ2) is 8.44. The van der Waals surface area contributed by atoms with Crippen molar-refractivity contribution in [1.82, 2.24) is 15.1 Å². The molecule has 0 atom stereocenters. The van der Waals surface area contributed by atoms with E-state index in [9.17, 15) is 4.79 Å². The summed E-state index contributed by atoms with van der Waals surface area (Å²) in [5.41, 5.74) is 3.34. The summed E-state index contributed by atoms with van der Waals surface area (Å²) in [5.74, 6) is -0.323. The Bertz CT molecular complexity index is 987. The van der Waals surface area contributed by atoms with Gasteiger partial charge in [-0.25, -0.2) is 4.68 Å². The van der Waals surface area contributed by atoms with Gasteiger partial charge in [-0.05, 0) is 37.3 Å². The minimum absolute atomic E-state index is 0.0977. The van der Waals surface area contributed by atoms with Gasteiger partial charge in [-0.3, -0.25) is 4.79 Å². The lowest BCUT2D eigenvalue weighted by Crippen LogP contribution is -2.26. The lowest BCUT2D eigenvalue weighted by Gasteiger charge is -2.11. The van der Waals surface area contributed by atoms with Crippen molar-refractivity contribution < 1.29 is 9.53 Å². The second-order valence-corrected chi connectivity index (χ2v) is 7.53. The van der Waals surface area contributed by atoms with Gasteiger partial charge >= 0.3 is 0 Å². The fourth-order valence-electron chi connectivity index (χ4n) is 2.71. The van der Waals surface area contributed by atoms with Gasteiger partial charge in [0.1, 0.15) is 6.73 Å². The molecule has 5 nitrogen and oxygen atoms in total. The van der Waals surface area contributed by atoms with Crippen molar-refractivity contribution in [3.63, 3.8) is 0 Å². The first-order chi connectivity index (χ1) is 12.9. The number of amides is 1. The van der Waals surface area contributed by atoms with Crippen molar-refractivity contribution in [2.24, 2.45) is 0 Å². The molecule has 1 N–H and O–H groups in total. The molecular formula is C19H16BrCl2N3O2. The number of nitrogens with one attached hydrogen (secondary N) is 1. The van der Waals surface area contributed by atoms with Crippen molar-refractivity contribution in [2.45, 2.75) is 6.92 Å². The molecule has 2 aromatic carbocycles. The number of rotatable bonds is 5. The van der Waals surface area contributed by atoms with Gasteiger partial charge < -0.3 is 10.1 Å². The average molecular weight is 469 g/mol. The SMILES string of the molecule is COCNC(=O)c1nn(-c2ccc(Cl)cc2Cl)c(-c2ccc(Br)cc2)c1C. The van der Waals surface area contributed by atoms with Gasteiger partial charge in [0, 0.05) is 27.7 Å². The zero-order valence-corrected chi connectivity index (χ0v) is 17.7. The first-order valence-electron chi connectivity index (χ1n) is 8.00. The van der Waals surface area contributed by atoms with Crippen LogP contribution < -0.4 is 5.32 Å². The highest BCUT2D eigenvalue weighted by Gasteiger charge is 2.23. The third-order valence-corrected chi connectivity index (χ3v) is 5.04. The molecule has 0 saturated carbocycles. The van der Waals surface area contributed by atoms with Crippen LogP contribution in [0.2, 0.25) is 10.0 Å². The summed E-state index contributed by atoms with van der Waals surface area (Å²) >= 11 is 15.9. The minimum Gasteiger partial charge on any atom is -0.364 e. The summed E-state index contributed by atoms with van der Waals surface area (Å²) in [6.45, 7) is 1.95. The Kier molecular flexibility index (Phi) is 6.22. The molecule has 0 aliphatic heterocycles. The number of nitrogens with zero attached hydrogens (tertiary/aromatic N) is 2. The van der Waals surface area contributed by atoms with Gasteiger partial charge in [-0.2, -0.15) is 5.10 Å². The number of methoxy groups -OCH3 is 1.